The number of ether oxygens (including phenoxy) is 3. The fourth-order valence-electron chi connectivity index (χ4n) is 2.56. The molecular weight excluding hydrogens is 268 g/mol. The first-order valence-corrected chi connectivity index (χ1v) is 6.88. The number of rotatable bonds is 4. The van der Waals surface area contributed by atoms with Crippen LogP contribution in [0, 0.1) is 0 Å². The van der Waals surface area contributed by atoms with Gasteiger partial charge in [0.05, 0.1) is 20.8 Å². The quantitative estimate of drug-likeness (QED) is 0.939. The van der Waals surface area contributed by atoms with Gasteiger partial charge in [0.1, 0.15) is 23.4 Å². The molecule has 0 spiro atoms. The highest BCUT2D eigenvalue weighted by atomic mass is 16.5. The van der Waals surface area contributed by atoms with Gasteiger partial charge in [0.25, 0.3) is 0 Å². The molecule has 1 aliphatic heterocycles. The predicted octanol–water partition coefficient (Wildman–Crippen LogP) is 2.72. The number of methoxy groups -OCH3 is 2. The van der Waals surface area contributed by atoms with Gasteiger partial charge >= 0.3 is 0 Å². The van der Waals surface area contributed by atoms with Crippen molar-refractivity contribution in [1.82, 2.24) is 0 Å². The average Bonchev–Trinajstić information content (AvgIpc) is 3.01. The third kappa shape index (κ3) is 2.67. The number of aliphatic hydroxyl groups excluding tert-OH is 1. The molecule has 1 atom stereocenters. The van der Waals surface area contributed by atoms with Crippen molar-refractivity contribution in [1.29, 1.82) is 0 Å². The van der Waals surface area contributed by atoms with Crippen LogP contribution in [0.5, 0.6) is 17.2 Å². The van der Waals surface area contributed by atoms with Crippen LogP contribution in [0.2, 0.25) is 0 Å². The van der Waals surface area contributed by atoms with Crippen molar-refractivity contribution >= 4 is 0 Å². The first-order chi connectivity index (χ1) is 10.2. The van der Waals surface area contributed by atoms with E-state index in [0.717, 1.165) is 28.9 Å². The van der Waals surface area contributed by atoms with E-state index in [1.807, 2.05) is 30.3 Å². The monoisotopic (exact) mass is 286 g/mol. The molecule has 1 unspecified atom stereocenters. The largest absolute Gasteiger partial charge is 0.497 e. The summed E-state index contributed by atoms with van der Waals surface area (Å²) < 4.78 is 16.0. The van der Waals surface area contributed by atoms with E-state index < -0.39 is 6.10 Å². The maximum absolute atomic E-state index is 10.6. The Kier molecular flexibility index (Phi) is 3.71. The van der Waals surface area contributed by atoms with Gasteiger partial charge in [-0.1, -0.05) is 6.07 Å². The van der Waals surface area contributed by atoms with E-state index in [2.05, 4.69) is 0 Å². The average molecular weight is 286 g/mol. The van der Waals surface area contributed by atoms with Crippen LogP contribution in [-0.2, 0) is 6.42 Å². The molecule has 0 saturated carbocycles. The van der Waals surface area contributed by atoms with Gasteiger partial charge in [0, 0.05) is 12.5 Å². The molecular formula is C17H18O4. The van der Waals surface area contributed by atoms with Gasteiger partial charge in [0.2, 0.25) is 0 Å². The fourth-order valence-corrected chi connectivity index (χ4v) is 2.56. The van der Waals surface area contributed by atoms with Gasteiger partial charge in [-0.25, -0.2) is 0 Å². The molecule has 2 aromatic carbocycles. The second-order valence-electron chi connectivity index (χ2n) is 5.01. The Labute approximate surface area is 123 Å². The molecule has 0 saturated heterocycles. The van der Waals surface area contributed by atoms with Crippen molar-refractivity contribution < 1.29 is 19.3 Å². The standard InChI is InChI=1S/C17H18O4/c1-19-14-8-13(9-15(10-14)20-2)17(18)12-3-4-16-11(7-12)5-6-21-16/h3-4,7-10,17-18H,5-6H2,1-2H3. The molecule has 0 amide bonds. The predicted molar refractivity (Wildman–Crippen MR) is 79.2 cm³/mol. The molecule has 0 bridgehead atoms. The zero-order valence-electron chi connectivity index (χ0n) is 12.1. The van der Waals surface area contributed by atoms with Crippen LogP contribution < -0.4 is 14.2 Å². The first kappa shape index (κ1) is 13.8. The summed E-state index contributed by atoms with van der Waals surface area (Å²) in [5.41, 5.74) is 2.72. The minimum Gasteiger partial charge on any atom is -0.497 e. The SMILES string of the molecule is COc1cc(OC)cc(C(O)c2ccc3c(c2)CCO3)c1. The summed E-state index contributed by atoms with van der Waals surface area (Å²) in [6, 6.07) is 11.2. The van der Waals surface area contributed by atoms with Crippen molar-refractivity contribution in [3.05, 3.63) is 53.1 Å². The molecule has 21 heavy (non-hydrogen) atoms. The van der Waals surface area contributed by atoms with Crippen molar-refractivity contribution in [3.8, 4) is 17.2 Å². The second kappa shape index (κ2) is 5.66. The van der Waals surface area contributed by atoms with E-state index in [1.165, 1.54) is 0 Å². The smallest absolute Gasteiger partial charge is 0.122 e. The van der Waals surface area contributed by atoms with E-state index in [-0.39, 0.29) is 0 Å². The lowest BCUT2D eigenvalue weighted by Crippen LogP contribution is -2.01. The zero-order chi connectivity index (χ0) is 14.8. The maximum Gasteiger partial charge on any atom is 0.122 e. The molecule has 1 aliphatic rings. The number of hydrogen-bond acceptors (Lipinski definition) is 4. The second-order valence-corrected chi connectivity index (χ2v) is 5.01. The molecule has 4 nitrogen and oxygen atoms in total. The molecule has 2 aromatic rings. The topological polar surface area (TPSA) is 47.9 Å². The Balaban J connectivity index is 1.96. The minimum atomic E-state index is -0.722. The third-order valence-corrected chi connectivity index (χ3v) is 3.72. The zero-order valence-corrected chi connectivity index (χ0v) is 12.1. The Morgan fingerprint density at radius 1 is 1.00 bits per heavy atom. The Hall–Kier alpha value is -2.20. The molecule has 0 radical (unpaired) electrons. The minimum absolute atomic E-state index is 0.660. The molecule has 0 aliphatic carbocycles. The van der Waals surface area contributed by atoms with E-state index >= 15 is 0 Å². The van der Waals surface area contributed by atoms with Crippen LogP contribution in [0.15, 0.2) is 36.4 Å². The molecule has 1 heterocycles. The normalized spacial score (nSPS) is 14.2. The lowest BCUT2D eigenvalue weighted by molar-refractivity contribution is 0.219. The maximum atomic E-state index is 10.6. The van der Waals surface area contributed by atoms with Crippen LogP contribution in [0.3, 0.4) is 0 Å². The molecule has 4 heteroatoms. The highest BCUT2D eigenvalue weighted by molar-refractivity contribution is 5.45. The molecule has 3 rings (SSSR count). The summed E-state index contributed by atoms with van der Waals surface area (Å²) in [5, 5.41) is 10.6. The number of aliphatic hydroxyl groups is 1. The van der Waals surface area contributed by atoms with E-state index in [4.69, 9.17) is 14.2 Å². The van der Waals surface area contributed by atoms with Crippen LogP contribution in [0.1, 0.15) is 22.8 Å². The lowest BCUT2D eigenvalue weighted by atomic mass is 9.98. The number of hydrogen-bond donors (Lipinski definition) is 1. The Bertz CT molecular complexity index is 629. The molecule has 0 fully saturated rings. The van der Waals surface area contributed by atoms with Gasteiger partial charge in [-0.15, -0.1) is 0 Å². The van der Waals surface area contributed by atoms with Gasteiger partial charge in [-0.05, 0) is 41.0 Å². The van der Waals surface area contributed by atoms with E-state index in [9.17, 15) is 5.11 Å². The lowest BCUT2D eigenvalue weighted by Gasteiger charge is -2.15. The Morgan fingerprint density at radius 2 is 1.71 bits per heavy atom. The molecule has 110 valence electrons. The van der Waals surface area contributed by atoms with Crippen LogP contribution >= 0.6 is 0 Å². The summed E-state index contributed by atoms with van der Waals surface area (Å²) in [5.74, 6) is 2.23. The van der Waals surface area contributed by atoms with Gasteiger partial charge < -0.3 is 19.3 Å². The third-order valence-electron chi connectivity index (χ3n) is 3.72. The molecule has 0 aromatic heterocycles. The number of fused-ring (bicyclic) bond motifs is 1. The highest BCUT2D eigenvalue weighted by Crippen LogP contribution is 2.33. The highest BCUT2D eigenvalue weighted by Gasteiger charge is 2.17. The van der Waals surface area contributed by atoms with Gasteiger partial charge in [0.15, 0.2) is 0 Å². The summed E-state index contributed by atoms with van der Waals surface area (Å²) in [7, 11) is 3.19. The van der Waals surface area contributed by atoms with Crippen LogP contribution in [0.25, 0.3) is 0 Å². The van der Waals surface area contributed by atoms with Gasteiger partial charge in [-0.2, -0.15) is 0 Å². The molecule has 1 N–H and O–H groups in total. The number of benzene rings is 2. The van der Waals surface area contributed by atoms with E-state index in [1.54, 1.807) is 20.3 Å². The van der Waals surface area contributed by atoms with Gasteiger partial charge in [-0.3, -0.25) is 0 Å². The summed E-state index contributed by atoms with van der Waals surface area (Å²) in [6.45, 7) is 0.710. The van der Waals surface area contributed by atoms with Crippen LogP contribution in [-0.4, -0.2) is 25.9 Å². The summed E-state index contributed by atoms with van der Waals surface area (Å²) in [4.78, 5) is 0. The fraction of sp³-hybridized carbons (Fsp3) is 0.294. The van der Waals surface area contributed by atoms with Crippen molar-refractivity contribution in [2.45, 2.75) is 12.5 Å². The van der Waals surface area contributed by atoms with Crippen LogP contribution in [0.4, 0.5) is 0 Å². The Morgan fingerprint density at radius 3 is 2.38 bits per heavy atom. The van der Waals surface area contributed by atoms with Crippen molar-refractivity contribution in [2.75, 3.05) is 20.8 Å². The van der Waals surface area contributed by atoms with Crippen molar-refractivity contribution in [3.63, 3.8) is 0 Å². The summed E-state index contributed by atoms with van der Waals surface area (Å²) >= 11 is 0. The summed E-state index contributed by atoms with van der Waals surface area (Å²) in [6.07, 6.45) is 0.164. The van der Waals surface area contributed by atoms with Crippen molar-refractivity contribution in [2.24, 2.45) is 0 Å². The van der Waals surface area contributed by atoms with E-state index in [0.29, 0.717) is 18.1 Å². The first-order valence-electron chi connectivity index (χ1n) is 6.88.